The lowest BCUT2D eigenvalue weighted by Crippen LogP contribution is -2.64. The number of nitrogens with one attached hydrogen (secondary N) is 1. The average molecular weight is 272 g/mol. The molecule has 1 N–H and O–H groups in total. The van der Waals surface area contributed by atoms with Crippen molar-refractivity contribution in [3.63, 3.8) is 0 Å². The number of hydrogen-bond acceptors (Lipinski definition) is 2. The van der Waals surface area contributed by atoms with Crippen molar-refractivity contribution in [3.05, 3.63) is 29.3 Å². The summed E-state index contributed by atoms with van der Waals surface area (Å²) in [6.07, 6.45) is 4.43. The number of fused-ring (bicyclic) bond motifs is 1. The van der Waals surface area contributed by atoms with Gasteiger partial charge in [0.15, 0.2) is 0 Å². The van der Waals surface area contributed by atoms with Crippen LogP contribution in [-0.2, 0) is 22.4 Å². The number of carbonyl (C=O) groups excluding carboxylic acids is 2. The van der Waals surface area contributed by atoms with Crippen LogP contribution >= 0.6 is 0 Å². The van der Waals surface area contributed by atoms with E-state index < -0.39 is 5.54 Å². The molecule has 0 spiro atoms. The lowest BCUT2D eigenvalue weighted by Gasteiger charge is -2.38. The zero-order valence-electron chi connectivity index (χ0n) is 12.0. The summed E-state index contributed by atoms with van der Waals surface area (Å²) in [6.45, 7) is 3.64. The highest BCUT2D eigenvalue weighted by Gasteiger charge is 2.40. The van der Waals surface area contributed by atoms with Crippen LogP contribution in [0.1, 0.15) is 37.8 Å². The molecule has 1 heterocycles. The van der Waals surface area contributed by atoms with Gasteiger partial charge in [0.2, 0.25) is 5.91 Å². The first-order valence-electron chi connectivity index (χ1n) is 7.23. The Morgan fingerprint density at radius 2 is 1.90 bits per heavy atom. The van der Waals surface area contributed by atoms with E-state index in [4.69, 9.17) is 0 Å². The molecule has 0 bridgehead atoms. The first kappa shape index (κ1) is 13.2. The van der Waals surface area contributed by atoms with Gasteiger partial charge in [-0.15, -0.1) is 0 Å². The molecule has 0 atom stereocenters. The summed E-state index contributed by atoms with van der Waals surface area (Å²) in [5.41, 5.74) is 2.67. The molecule has 4 heteroatoms. The number of anilines is 1. The number of amides is 2. The molecule has 1 saturated heterocycles. The van der Waals surface area contributed by atoms with Gasteiger partial charge in [-0.25, -0.2) is 0 Å². The van der Waals surface area contributed by atoms with Gasteiger partial charge in [0.25, 0.3) is 5.91 Å². The molecule has 1 aromatic carbocycles. The van der Waals surface area contributed by atoms with Crippen LogP contribution in [0.2, 0.25) is 0 Å². The normalized spacial score (nSPS) is 21.4. The molecular formula is C16H20N2O2. The van der Waals surface area contributed by atoms with E-state index in [1.54, 1.807) is 18.7 Å². The highest BCUT2D eigenvalue weighted by atomic mass is 16.2. The summed E-state index contributed by atoms with van der Waals surface area (Å²) < 4.78 is 0. The van der Waals surface area contributed by atoms with Crippen LogP contribution in [0.3, 0.4) is 0 Å². The third-order valence-electron chi connectivity index (χ3n) is 4.20. The molecule has 0 radical (unpaired) electrons. The second kappa shape index (κ2) is 4.62. The number of aryl methyl sites for hydroxylation is 1. The van der Waals surface area contributed by atoms with Gasteiger partial charge in [0.1, 0.15) is 12.1 Å². The molecule has 2 amide bonds. The predicted octanol–water partition coefficient (Wildman–Crippen LogP) is 1.81. The lowest BCUT2D eigenvalue weighted by atomic mass is 9.89. The van der Waals surface area contributed by atoms with Crippen LogP contribution in [-0.4, -0.2) is 23.9 Å². The van der Waals surface area contributed by atoms with E-state index in [1.807, 2.05) is 12.1 Å². The Bertz CT molecular complexity index is 578. The standard InChI is InChI=1S/C16H20N2O2/c1-16(2)15(20)18(10-14(19)17-16)13-9-5-7-11-6-3-4-8-12(11)13/h5,7,9H,3-4,6,8,10H2,1-2H3,(H,17,19). The molecular weight excluding hydrogens is 252 g/mol. The summed E-state index contributed by atoms with van der Waals surface area (Å²) in [6, 6.07) is 6.10. The van der Waals surface area contributed by atoms with Gasteiger partial charge in [-0.05, 0) is 56.7 Å². The number of rotatable bonds is 1. The van der Waals surface area contributed by atoms with E-state index in [-0.39, 0.29) is 18.4 Å². The second-order valence-electron chi connectivity index (χ2n) is 6.19. The fraction of sp³-hybridized carbons (Fsp3) is 0.500. The van der Waals surface area contributed by atoms with E-state index in [9.17, 15) is 9.59 Å². The summed E-state index contributed by atoms with van der Waals surface area (Å²) in [4.78, 5) is 26.1. The number of nitrogens with zero attached hydrogens (tertiary/aromatic N) is 1. The summed E-state index contributed by atoms with van der Waals surface area (Å²) >= 11 is 0. The van der Waals surface area contributed by atoms with Gasteiger partial charge in [0, 0.05) is 5.69 Å². The SMILES string of the molecule is CC1(C)NC(=O)CN(c2cccc3c2CCCC3)C1=O. The highest BCUT2D eigenvalue weighted by Crippen LogP contribution is 2.32. The van der Waals surface area contributed by atoms with Crippen molar-refractivity contribution in [1.29, 1.82) is 0 Å². The maximum atomic E-state index is 12.6. The summed E-state index contributed by atoms with van der Waals surface area (Å²) in [5.74, 6) is -0.126. The van der Waals surface area contributed by atoms with Gasteiger partial charge in [-0.3, -0.25) is 9.59 Å². The smallest absolute Gasteiger partial charge is 0.252 e. The molecule has 4 nitrogen and oxygen atoms in total. The predicted molar refractivity (Wildman–Crippen MR) is 77.7 cm³/mol. The van der Waals surface area contributed by atoms with E-state index in [0.29, 0.717) is 0 Å². The Balaban J connectivity index is 2.04. The fourth-order valence-electron chi connectivity index (χ4n) is 3.20. The number of hydrogen-bond donors (Lipinski definition) is 1. The van der Waals surface area contributed by atoms with Crippen LogP contribution in [0.4, 0.5) is 5.69 Å². The quantitative estimate of drug-likeness (QED) is 0.847. The Morgan fingerprint density at radius 1 is 1.15 bits per heavy atom. The average Bonchev–Trinajstić information content (AvgIpc) is 2.42. The largest absolute Gasteiger partial charge is 0.341 e. The Hall–Kier alpha value is -1.84. The minimum atomic E-state index is -0.827. The van der Waals surface area contributed by atoms with Crippen LogP contribution in [0.25, 0.3) is 0 Å². The maximum Gasteiger partial charge on any atom is 0.252 e. The first-order valence-corrected chi connectivity index (χ1v) is 7.23. The fourth-order valence-corrected chi connectivity index (χ4v) is 3.20. The molecule has 106 valence electrons. The van der Waals surface area contributed by atoms with Crippen molar-refractivity contribution >= 4 is 17.5 Å². The number of benzene rings is 1. The first-order chi connectivity index (χ1) is 9.49. The van der Waals surface area contributed by atoms with E-state index in [0.717, 1.165) is 24.9 Å². The minimum Gasteiger partial charge on any atom is -0.341 e. The molecule has 2 aliphatic rings. The van der Waals surface area contributed by atoms with Crippen molar-refractivity contribution < 1.29 is 9.59 Å². The molecule has 0 aromatic heterocycles. The van der Waals surface area contributed by atoms with Crippen LogP contribution < -0.4 is 10.2 Å². The van der Waals surface area contributed by atoms with Gasteiger partial charge < -0.3 is 10.2 Å². The molecule has 1 aromatic rings. The van der Waals surface area contributed by atoms with Gasteiger partial charge in [0.05, 0.1) is 0 Å². The minimum absolute atomic E-state index is 0.0314. The second-order valence-corrected chi connectivity index (χ2v) is 6.19. The third kappa shape index (κ3) is 2.09. The van der Waals surface area contributed by atoms with Crippen LogP contribution in [0.15, 0.2) is 18.2 Å². The molecule has 0 saturated carbocycles. The van der Waals surface area contributed by atoms with Gasteiger partial charge in [-0.2, -0.15) is 0 Å². The molecule has 1 fully saturated rings. The maximum absolute atomic E-state index is 12.6. The monoisotopic (exact) mass is 272 g/mol. The van der Waals surface area contributed by atoms with E-state index >= 15 is 0 Å². The van der Waals surface area contributed by atoms with Crippen molar-refractivity contribution in [3.8, 4) is 0 Å². The zero-order valence-corrected chi connectivity index (χ0v) is 12.0. The number of piperazine rings is 1. The number of carbonyl (C=O) groups is 2. The van der Waals surface area contributed by atoms with Crippen molar-refractivity contribution in [2.45, 2.75) is 45.1 Å². The van der Waals surface area contributed by atoms with Gasteiger partial charge >= 0.3 is 0 Å². The van der Waals surface area contributed by atoms with Crippen molar-refractivity contribution in [2.24, 2.45) is 0 Å². The summed E-state index contributed by atoms with van der Waals surface area (Å²) in [5, 5.41) is 2.76. The topological polar surface area (TPSA) is 49.4 Å². The van der Waals surface area contributed by atoms with Crippen LogP contribution in [0, 0.1) is 0 Å². The van der Waals surface area contributed by atoms with Crippen molar-refractivity contribution in [1.82, 2.24) is 5.32 Å². The molecule has 0 unspecified atom stereocenters. The zero-order chi connectivity index (χ0) is 14.3. The van der Waals surface area contributed by atoms with Crippen molar-refractivity contribution in [2.75, 3.05) is 11.4 Å². The highest BCUT2D eigenvalue weighted by molar-refractivity contribution is 6.09. The lowest BCUT2D eigenvalue weighted by molar-refractivity contribution is -0.134. The molecule has 3 rings (SSSR count). The molecule has 1 aliphatic carbocycles. The van der Waals surface area contributed by atoms with Crippen LogP contribution in [0.5, 0.6) is 0 Å². The molecule has 20 heavy (non-hydrogen) atoms. The Kier molecular flexibility index (Phi) is 3.04. The Labute approximate surface area is 119 Å². The van der Waals surface area contributed by atoms with Gasteiger partial charge in [-0.1, -0.05) is 12.1 Å². The summed E-state index contributed by atoms with van der Waals surface area (Å²) in [7, 11) is 0. The van der Waals surface area contributed by atoms with E-state index in [1.165, 1.54) is 17.5 Å². The Morgan fingerprint density at radius 3 is 2.70 bits per heavy atom. The molecule has 1 aliphatic heterocycles. The third-order valence-corrected chi connectivity index (χ3v) is 4.20. The van der Waals surface area contributed by atoms with E-state index in [2.05, 4.69) is 11.4 Å².